The summed E-state index contributed by atoms with van der Waals surface area (Å²) in [6.07, 6.45) is 10.1. The molecule has 4 saturated carbocycles. The number of nitrogens with one attached hydrogen (secondary N) is 1. The van der Waals surface area contributed by atoms with Crippen LogP contribution in [0.4, 0.5) is 16.8 Å². The van der Waals surface area contributed by atoms with Crippen molar-refractivity contribution in [2.24, 2.45) is 28.2 Å². The fourth-order valence-electron chi connectivity index (χ4n) is 9.30. The third-order valence-corrected chi connectivity index (χ3v) is 15.6. The number of hydrogen-bond donors (Lipinski definition) is 1. The molecule has 4 heterocycles. The van der Waals surface area contributed by atoms with E-state index in [0.717, 1.165) is 79.2 Å². The minimum absolute atomic E-state index is 0.266. The lowest BCUT2D eigenvalue weighted by Crippen LogP contribution is -2.48. The minimum Gasteiger partial charge on any atom is -0.461 e. The molecule has 0 unspecified atom stereocenters. The molecule has 0 amide bonds. The zero-order valence-corrected chi connectivity index (χ0v) is 35.2. The van der Waals surface area contributed by atoms with Crippen molar-refractivity contribution in [1.29, 1.82) is 0 Å². The SMILES string of the molecule is CCOC(=O)c1nc(Nc2nnc(/N=c3\sc4ccccc4n3COCC[Si](C)(C)C)c(C)c2C)sc1-c1cnn(CC23CC4CC(CC(C4)C2)C3)c1C. The molecule has 0 aliphatic heterocycles. The second-order valence-corrected chi connectivity index (χ2v) is 24.8. The van der Waals surface area contributed by atoms with Crippen LogP contribution in [0.15, 0.2) is 35.5 Å². The van der Waals surface area contributed by atoms with E-state index in [2.05, 4.69) is 63.5 Å². The lowest BCUT2D eigenvalue weighted by Gasteiger charge is -2.56. The fraction of sp³-hybridized carbons (Fsp3) is 0.550. The summed E-state index contributed by atoms with van der Waals surface area (Å²) >= 11 is 3.03. The first-order valence-electron chi connectivity index (χ1n) is 19.4. The van der Waals surface area contributed by atoms with Crippen LogP contribution in [0, 0.1) is 43.9 Å². The van der Waals surface area contributed by atoms with Crippen LogP contribution in [0.5, 0.6) is 0 Å². The van der Waals surface area contributed by atoms with Gasteiger partial charge in [-0.05, 0) is 108 Å². The van der Waals surface area contributed by atoms with Crippen molar-refractivity contribution in [2.75, 3.05) is 18.5 Å². The first-order valence-corrected chi connectivity index (χ1v) is 24.7. The zero-order valence-electron chi connectivity index (χ0n) is 32.6. The molecule has 1 aromatic carbocycles. The number of ether oxygens (including phenoxy) is 2. The average Bonchev–Trinajstić information content (AvgIpc) is 3.80. The van der Waals surface area contributed by atoms with Crippen LogP contribution >= 0.6 is 22.7 Å². The van der Waals surface area contributed by atoms with Gasteiger partial charge in [0.15, 0.2) is 27.3 Å². The zero-order chi connectivity index (χ0) is 37.8. The van der Waals surface area contributed by atoms with Crippen molar-refractivity contribution in [3.8, 4) is 10.4 Å². The van der Waals surface area contributed by atoms with E-state index in [9.17, 15) is 4.79 Å². The summed E-state index contributed by atoms with van der Waals surface area (Å²) in [6.45, 7) is 17.4. The lowest BCUT2D eigenvalue weighted by atomic mass is 9.49. The number of carbonyl (C=O) groups excluding carboxylic acids is 1. The standard InChI is InChI=1S/C40H52N8O3S2Si/c1-8-51-37(49)33-34(30-21-41-48(26(30)4)22-40-18-27-15-28(19-40)17-29(16-27)20-40)53-38(42-33)43-35-24(2)25(3)36(46-45-35)44-39-47(23-50-13-14-54(5,6)7)31-11-9-10-12-32(31)52-39/h9-12,21,27-29H,8,13-20,22-23H2,1-7H3,(H,42,43,45)/b44-39-. The first-order chi connectivity index (χ1) is 25.9. The van der Waals surface area contributed by atoms with Crippen LogP contribution in [0.25, 0.3) is 20.7 Å². The van der Waals surface area contributed by atoms with Crippen molar-refractivity contribution in [2.45, 2.75) is 105 Å². The summed E-state index contributed by atoms with van der Waals surface area (Å²) in [5, 5.41) is 18.0. The molecular formula is C40H52N8O3S2Si. The van der Waals surface area contributed by atoms with Gasteiger partial charge in [0.25, 0.3) is 0 Å². The second kappa shape index (κ2) is 14.7. The van der Waals surface area contributed by atoms with Gasteiger partial charge in [0.1, 0.15) is 6.73 Å². The summed E-state index contributed by atoms with van der Waals surface area (Å²) in [5.74, 6) is 3.31. The van der Waals surface area contributed by atoms with Gasteiger partial charge in [-0.1, -0.05) is 54.4 Å². The maximum Gasteiger partial charge on any atom is 0.358 e. The molecular weight excluding hydrogens is 733 g/mol. The maximum absolute atomic E-state index is 13.3. The highest BCUT2D eigenvalue weighted by atomic mass is 32.1. The number of anilines is 2. The summed E-state index contributed by atoms with van der Waals surface area (Å²) in [4.78, 5) is 24.6. The number of para-hydroxylation sites is 1. The van der Waals surface area contributed by atoms with Gasteiger partial charge in [0.2, 0.25) is 0 Å². The molecule has 0 radical (unpaired) electrons. The van der Waals surface area contributed by atoms with Crippen molar-refractivity contribution in [3.63, 3.8) is 0 Å². The van der Waals surface area contributed by atoms with Crippen LogP contribution in [-0.2, 0) is 22.7 Å². The Bertz CT molecular complexity index is 2230. The molecule has 9 rings (SSSR count). The Labute approximate surface area is 326 Å². The summed E-state index contributed by atoms with van der Waals surface area (Å²) in [6, 6.07) is 9.40. The summed E-state index contributed by atoms with van der Waals surface area (Å²) in [7, 11) is -1.21. The molecule has 4 fully saturated rings. The van der Waals surface area contributed by atoms with E-state index in [1.807, 2.05) is 39.1 Å². The Morgan fingerprint density at radius 3 is 2.44 bits per heavy atom. The van der Waals surface area contributed by atoms with Crippen molar-refractivity contribution in [3.05, 3.63) is 57.8 Å². The highest BCUT2D eigenvalue weighted by Crippen LogP contribution is 2.60. The van der Waals surface area contributed by atoms with Gasteiger partial charge in [-0.15, -0.1) is 10.2 Å². The van der Waals surface area contributed by atoms with Crippen molar-refractivity contribution >= 4 is 63.7 Å². The predicted molar refractivity (Wildman–Crippen MR) is 219 cm³/mol. The lowest BCUT2D eigenvalue weighted by molar-refractivity contribution is -0.0638. The van der Waals surface area contributed by atoms with E-state index in [4.69, 9.17) is 24.5 Å². The van der Waals surface area contributed by atoms with Gasteiger partial charge < -0.3 is 14.8 Å². The number of nitrogens with zero attached hydrogens (tertiary/aromatic N) is 7. The highest BCUT2D eigenvalue weighted by molar-refractivity contribution is 7.19. The maximum atomic E-state index is 13.3. The molecule has 286 valence electrons. The number of esters is 1. The molecule has 4 aliphatic carbocycles. The number of fused-ring (bicyclic) bond motifs is 1. The van der Waals surface area contributed by atoms with Gasteiger partial charge in [-0.2, -0.15) is 10.1 Å². The van der Waals surface area contributed by atoms with Gasteiger partial charge in [-0.3, -0.25) is 9.25 Å². The van der Waals surface area contributed by atoms with Crippen LogP contribution in [0.1, 0.15) is 72.8 Å². The van der Waals surface area contributed by atoms with Gasteiger partial charge in [0, 0.05) is 43.6 Å². The predicted octanol–water partition coefficient (Wildman–Crippen LogP) is 9.42. The number of rotatable bonds is 13. The molecule has 11 nitrogen and oxygen atoms in total. The van der Waals surface area contributed by atoms with Crippen LogP contribution < -0.4 is 10.1 Å². The molecule has 54 heavy (non-hydrogen) atoms. The number of aromatic nitrogens is 6. The molecule has 0 atom stereocenters. The first kappa shape index (κ1) is 37.2. The quantitative estimate of drug-likeness (QED) is 0.0713. The molecule has 4 aliphatic rings. The smallest absolute Gasteiger partial charge is 0.358 e. The van der Waals surface area contributed by atoms with E-state index in [1.54, 1.807) is 11.3 Å². The van der Waals surface area contributed by atoms with E-state index >= 15 is 0 Å². The number of benzene rings is 1. The van der Waals surface area contributed by atoms with Gasteiger partial charge >= 0.3 is 5.97 Å². The van der Waals surface area contributed by atoms with E-state index in [-0.39, 0.29) is 12.3 Å². The third kappa shape index (κ3) is 7.46. The van der Waals surface area contributed by atoms with E-state index < -0.39 is 14.0 Å². The molecule has 5 aromatic rings. The second-order valence-electron chi connectivity index (χ2n) is 17.1. The largest absolute Gasteiger partial charge is 0.461 e. The normalized spacial score (nSPS) is 22.4. The monoisotopic (exact) mass is 784 g/mol. The van der Waals surface area contributed by atoms with Crippen LogP contribution in [0.3, 0.4) is 0 Å². The third-order valence-electron chi connectivity index (χ3n) is 11.8. The Morgan fingerprint density at radius 1 is 1.02 bits per heavy atom. The summed E-state index contributed by atoms with van der Waals surface area (Å²) < 4.78 is 17.1. The number of thiazole rings is 2. The summed E-state index contributed by atoms with van der Waals surface area (Å²) in [5.41, 5.74) is 5.50. The molecule has 1 N–H and O–H groups in total. The minimum atomic E-state index is -1.21. The van der Waals surface area contributed by atoms with Crippen molar-refractivity contribution in [1.82, 2.24) is 29.5 Å². The van der Waals surface area contributed by atoms with Gasteiger partial charge in [-0.25, -0.2) is 9.78 Å². The van der Waals surface area contributed by atoms with Crippen LogP contribution in [0.2, 0.25) is 25.7 Å². The Balaban J connectivity index is 1.06. The highest BCUT2D eigenvalue weighted by Gasteiger charge is 2.51. The molecule has 0 spiro atoms. The number of hydrogen-bond acceptors (Lipinski definition) is 11. The Morgan fingerprint density at radius 2 is 1.74 bits per heavy atom. The van der Waals surface area contributed by atoms with Crippen LogP contribution in [-0.4, -0.2) is 56.8 Å². The molecule has 4 aromatic heterocycles. The Hall–Kier alpha value is -3.72. The topological polar surface area (TPSA) is 121 Å². The van der Waals surface area contributed by atoms with E-state index in [1.165, 1.54) is 49.9 Å². The fourth-order valence-corrected chi connectivity index (χ4v) is 12.1. The molecule has 4 bridgehead atoms. The van der Waals surface area contributed by atoms with E-state index in [0.29, 0.717) is 28.9 Å². The van der Waals surface area contributed by atoms with Crippen molar-refractivity contribution < 1.29 is 14.3 Å². The van der Waals surface area contributed by atoms with Gasteiger partial charge in [0.05, 0.1) is 27.9 Å². The molecule has 14 heteroatoms. The molecule has 0 saturated heterocycles. The average molecular weight is 785 g/mol. The Kier molecular flexibility index (Phi) is 10.2. The number of carbonyl (C=O) groups is 1.